The summed E-state index contributed by atoms with van der Waals surface area (Å²) in [5.74, 6) is -0.0983. The van der Waals surface area contributed by atoms with Crippen LogP contribution in [0.2, 0.25) is 0 Å². The van der Waals surface area contributed by atoms with Crippen molar-refractivity contribution in [2.75, 3.05) is 26.1 Å². The molecule has 0 saturated carbocycles. The van der Waals surface area contributed by atoms with E-state index in [9.17, 15) is 19.4 Å². The molecule has 3 rings (SSSR count). The van der Waals surface area contributed by atoms with Crippen molar-refractivity contribution in [1.29, 1.82) is 0 Å². The second-order valence-electron chi connectivity index (χ2n) is 5.63. The van der Waals surface area contributed by atoms with Gasteiger partial charge in [0.2, 0.25) is 5.95 Å². The standard InChI is InChI=1S/C12H18N5O7P/c1-22-8-7(18)5(3-23-25(2,20)21)24-11(8)17-4-14-6-9(17)15-12(13)16-10(6)19/h4-5,7-8,11,18H,3H2,1-2H3,(H,20,21)(H3,13,15,16,19)/t5-,7+,8?,11-/m1/s1. The molecule has 1 aliphatic rings. The zero-order valence-electron chi connectivity index (χ0n) is 13.4. The molecule has 13 heteroatoms. The lowest BCUT2D eigenvalue weighted by Gasteiger charge is -2.19. The number of methoxy groups -OCH3 is 1. The maximum atomic E-state index is 11.9. The van der Waals surface area contributed by atoms with Crippen LogP contribution >= 0.6 is 7.60 Å². The van der Waals surface area contributed by atoms with E-state index in [1.165, 1.54) is 18.0 Å². The summed E-state index contributed by atoms with van der Waals surface area (Å²) in [4.78, 5) is 31.4. The fourth-order valence-corrected chi connectivity index (χ4v) is 3.10. The van der Waals surface area contributed by atoms with Gasteiger partial charge >= 0.3 is 7.60 Å². The molecule has 5 N–H and O–H groups in total. The average Bonchev–Trinajstić information content (AvgIpc) is 3.05. The van der Waals surface area contributed by atoms with Crippen LogP contribution in [0, 0.1) is 0 Å². The lowest BCUT2D eigenvalue weighted by Crippen LogP contribution is -2.35. The van der Waals surface area contributed by atoms with Gasteiger partial charge < -0.3 is 29.7 Å². The molecule has 3 heterocycles. The SMILES string of the molecule is COC1[C@@H](O)[C@@H](COP(C)(=O)O)O[C@H]1n1cnc2c(=O)[nH]c(N)nc21. The predicted octanol–water partition coefficient (Wildman–Crippen LogP) is -1.19. The van der Waals surface area contributed by atoms with Gasteiger partial charge in [-0.3, -0.25) is 18.9 Å². The first-order valence-corrected chi connectivity index (χ1v) is 9.27. The van der Waals surface area contributed by atoms with E-state index in [2.05, 4.69) is 15.0 Å². The van der Waals surface area contributed by atoms with E-state index in [4.69, 9.17) is 19.7 Å². The number of aromatic nitrogens is 4. The first-order chi connectivity index (χ1) is 11.7. The van der Waals surface area contributed by atoms with Crippen LogP contribution in [0.5, 0.6) is 0 Å². The van der Waals surface area contributed by atoms with Gasteiger partial charge in [0.1, 0.15) is 18.3 Å². The summed E-state index contributed by atoms with van der Waals surface area (Å²) in [6, 6.07) is 0. The van der Waals surface area contributed by atoms with Gasteiger partial charge in [0, 0.05) is 13.8 Å². The van der Waals surface area contributed by atoms with Gasteiger partial charge in [-0.1, -0.05) is 0 Å². The Morgan fingerprint density at radius 1 is 1.56 bits per heavy atom. The molecule has 0 bridgehead atoms. The van der Waals surface area contributed by atoms with Crippen LogP contribution in [0.3, 0.4) is 0 Å². The van der Waals surface area contributed by atoms with Crippen LogP contribution in [0.15, 0.2) is 11.1 Å². The Morgan fingerprint density at radius 3 is 2.92 bits per heavy atom. The molecule has 2 unspecified atom stereocenters. The maximum Gasteiger partial charge on any atom is 0.325 e. The Morgan fingerprint density at radius 2 is 2.28 bits per heavy atom. The van der Waals surface area contributed by atoms with Crippen LogP contribution in [0.25, 0.3) is 11.2 Å². The number of fused-ring (bicyclic) bond motifs is 1. The number of aromatic amines is 1. The summed E-state index contributed by atoms with van der Waals surface area (Å²) in [7, 11) is -2.36. The summed E-state index contributed by atoms with van der Waals surface area (Å²) in [5, 5.41) is 10.3. The Hall–Kier alpha value is -1.82. The van der Waals surface area contributed by atoms with Crippen molar-refractivity contribution in [3.05, 3.63) is 16.7 Å². The number of hydrogen-bond acceptors (Lipinski definition) is 9. The molecule has 138 valence electrons. The number of nitrogens with zero attached hydrogens (tertiary/aromatic N) is 3. The van der Waals surface area contributed by atoms with Gasteiger partial charge in [0.05, 0.1) is 12.9 Å². The van der Waals surface area contributed by atoms with Crippen LogP contribution in [0.4, 0.5) is 5.95 Å². The summed E-state index contributed by atoms with van der Waals surface area (Å²) in [6.45, 7) is 0.715. The minimum absolute atomic E-state index is 0.0512. The molecule has 12 nitrogen and oxygen atoms in total. The van der Waals surface area contributed by atoms with E-state index >= 15 is 0 Å². The lowest BCUT2D eigenvalue weighted by atomic mass is 10.1. The molecule has 2 aromatic heterocycles. The fraction of sp³-hybridized carbons (Fsp3) is 0.583. The molecule has 0 aliphatic carbocycles. The molecule has 0 radical (unpaired) electrons. The zero-order valence-corrected chi connectivity index (χ0v) is 14.3. The highest BCUT2D eigenvalue weighted by atomic mass is 31.2. The number of imidazole rings is 1. The number of aliphatic hydroxyl groups is 1. The van der Waals surface area contributed by atoms with Gasteiger partial charge in [-0.05, 0) is 0 Å². The molecule has 5 atom stereocenters. The van der Waals surface area contributed by atoms with Crippen molar-refractivity contribution in [2.45, 2.75) is 24.5 Å². The Balaban J connectivity index is 1.94. The molecule has 25 heavy (non-hydrogen) atoms. The van der Waals surface area contributed by atoms with E-state index < -0.39 is 37.7 Å². The highest BCUT2D eigenvalue weighted by molar-refractivity contribution is 7.51. The van der Waals surface area contributed by atoms with Crippen LogP contribution < -0.4 is 11.3 Å². The smallest absolute Gasteiger partial charge is 0.325 e. The number of nitrogens with one attached hydrogen (secondary N) is 1. The van der Waals surface area contributed by atoms with Gasteiger partial charge in [-0.15, -0.1) is 0 Å². The first-order valence-electron chi connectivity index (χ1n) is 7.24. The van der Waals surface area contributed by atoms with Gasteiger partial charge in [-0.2, -0.15) is 4.98 Å². The van der Waals surface area contributed by atoms with Crippen LogP contribution in [-0.2, 0) is 18.6 Å². The minimum atomic E-state index is -3.73. The first kappa shape index (κ1) is 18.0. The second-order valence-corrected chi connectivity index (χ2v) is 7.49. The van der Waals surface area contributed by atoms with E-state index in [-0.39, 0.29) is 23.7 Å². The highest BCUT2D eigenvalue weighted by Gasteiger charge is 2.46. The molecule has 0 aromatic carbocycles. The topological polar surface area (TPSA) is 175 Å². The minimum Gasteiger partial charge on any atom is -0.387 e. The number of nitrogens with two attached hydrogens (primary N) is 1. The van der Waals surface area contributed by atoms with E-state index in [1.807, 2.05) is 0 Å². The number of ether oxygens (including phenoxy) is 2. The van der Waals surface area contributed by atoms with Crippen molar-refractivity contribution in [3.8, 4) is 0 Å². The number of hydrogen-bond donors (Lipinski definition) is 4. The number of nitrogen functional groups attached to an aromatic ring is 1. The molecular formula is C12H18N5O7P. The van der Waals surface area contributed by atoms with E-state index in [0.29, 0.717) is 0 Å². The van der Waals surface area contributed by atoms with Gasteiger partial charge in [0.25, 0.3) is 5.56 Å². The fourth-order valence-electron chi connectivity index (χ4n) is 2.68. The third-order valence-corrected chi connectivity index (χ3v) is 4.42. The monoisotopic (exact) mass is 375 g/mol. The molecular weight excluding hydrogens is 357 g/mol. The summed E-state index contributed by atoms with van der Waals surface area (Å²) < 4.78 is 28.5. The van der Waals surface area contributed by atoms with Crippen LogP contribution in [-0.4, -0.2) is 68.2 Å². The van der Waals surface area contributed by atoms with Gasteiger partial charge in [0.15, 0.2) is 17.4 Å². The molecule has 2 aromatic rings. The Bertz CT molecular complexity index is 876. The Kier molecular flexibility index (Phi) is 4.66. The van der Waals surface area contributed by atoms with Crippen molar-refractivity contribution < 1.29 is 28.6 Å². The Labute approximate surface area is 141 Å². The maximum absolute atomic E-state index is 11.9. The molecule has 1 saturated heterocycles. The third kappa shape index (κ3) is 3.45. The van der Waals surface area contributed by atoms with E-state index in [1.54, 1.807) is 0 Å². The summed E-state index contributed by atoms with van der Waals surface area (Å²) in [5.41, 5.74) is 5.26. The van der Waals surface area contributed by atoms with Crippen molar-refractivity contribution in [1.82, 2.24) is 19.5 Å². The lowest BCUT2D eigenvalue weighted by molar-refractivity contribution is -0.0565. The molecule has 1 aliphatic heterocycles. The summed E-state index contributed by atoms with van der Waals surface area (Å²) >= 11 is 0. The molecule has 1 fully saturated rings. The molecule has 0 amide bonds. The zero-order chi connectivity index (χ0) is 18.4. The largest absolute Gasteiger partial charge is 0.387 e. The van der Waals surface area contributed by atoms with Crippen molar-refractivity contribution >= 4 is 24.7 Å². The third-order valence-electron chi connectivity index (χ3n) is 3.79. The van der Waals surface area contributed by atoms with Crippen molar-refractivity contribution in [2.24, 2.45) is 0 Å². The number of H-pyrrole nitrogens is 1. The van der Waals surface area contributed by atoms with Crippen LogP contribution in [0.1, 0.15) is 6.23 Å². The highest BCUT2D eigenvalue weighted by Crippen LogP contribution is 2.39. The van der Waals surface area contributed by atoms with Crippen molar-refractivity contribution in [3.63, 3.8) is 0 Å². The number of aliphatic hydroxyl groups excluding tert-OH is 1. The second kappa shape index (κ2) is 6.48. The van der Waals surface area contributed by atoms with E-state index in [0.717, 1.165) is 6.66 Å². The average molecular weight is 375 g/mol. The summed E-state index contributed by atoms with van der Waals surface area (Å²) in [6.07, 6.45) is -2.48. The number of anilines is 1. The molecule has 0 spiro atoms. The quantitative estimate of drug-likeness (QED) is 0.465. The predicted molar refractivity (Wildman–Crippen MR) is 85.0 cm³/mol. The normalized spacial score (nSPS) is 29.1. The number of rotatable bonds is 5. The van der Waals surface area contributed by atoms with Gasteiger partial charge in [-0.25, -0.2) is 4.98 Å².